The van der Waals surface area contributed by atoms with Gasteiger partial charge in [0.05, 0.1) is 11.7 Å². The lowest BCUT2D eigenvalue weighted by molar-refractivity contribution is -0.0564. The van der Waals surface area contributed by atoms with Gasteiger partial charge in [0.15, 0.2) is 5.69 Å². The smallest absolute Gasteiger partial charge is 0.273 e. The van der Waals surface area contributed by atoms with Crippen molar-refractivity contribution in [2.75, 3.05) is 19.6 Å². The molecule has 2 N–H and O–H groups in total. The Labute approximate surface area is 161 Å². The average molecular weight is 372 g/mol. The van der Waals surface area contributed by atoms with Crippen LogP contribution >= 0.6 is 0 Å². The number of carbonyl (C=O) groups is 1. The molecule has 0 spiro atoms. The van der Waals surface area contributed by atoms with Gasteiger partial charge < -0.3 is 10.6 Å². The van der Waals surface area contributed by atoms with Crippen molar-refractivity contribution in [3.8, 4) is 0 Å². The molecule has 5 aliphatic rings. The van der Waals surface area contributed by atoms with E-state index in [-0.39, 0.29) is 5.91 Å². The highest BCUT2D eigenvalue weighted by molar-refractivity contribution is 5.93. The van der Waals surface area contributed by atoms with Crippen molar-refractivity contribution in [1.29, 1.82) is 0 Å². The van der Waals surface area contributed by atoms with Crippen molar-refractivity contribution in [1.82, 2.24) is 25.6 Å². The molecule has 1 amide bonds. The van der Waals surface area contributed by atoms with Crippen LogP contribution in [0.15, 0.2) is 0 Å². The van der Waals surface area contributed by atoms with E-state index < -0.39 is 0 Å². The fraction of sp³-hybridized carbons (Fsp3) is 0.857. The molecule has 148 valence electrons. The molecule has 0 atom stereocenters. The summed E-state index contributed by atoms with van der Waals surface area (Å²) in [6, 6.07) is 0.368. The van der Waals surface area contributed by atoms with Crippen LogP contribution in [-0.2, 0) is 0 Å². The van der Waals surface area contributed by atoms with Gasteiger partial charge >= 0.3 is 0 Å². The van der Waals surface area contributed by atoms with Crippen LogP contribution in [0.4, 0.5) is 0 Å². The Hall–Kier alpha value is -1.43. The van der Waals surface area contributed by atoms with E-state index in [2.05, 4.69) is 20.9 Å². The lowest BCUT2D eigenvalue weighted by Gasteiger charge is -2.57. The van der Waals surface area contributed by atoms with E-state index in [0.717, 1.165) is 62.3 Å². The molecule has 4 bridgehead atoms. The molecule has 0 radical (unpaired) electrons. The first kappa shape index (κ1) is 17.7. The summed E-state index contributed by atoms with van der Waals surface area (Å²) in [6.45, 7) is 4.79. The van der Waals surface area contributed by atoms with Crippen molar-refractivity contribution >= 4 is 5.91 Å². The average Bonchev–Trinajstić information content (AvgIpc) is 3.02. The second-order valence-corrected chi connectivity index (χ2v) is 9.87. The number of carbonyl (C=O) groups excluding carboxylic acids is 1. The molecule has 6 rings (SSSR count). The highest BCUT2D eigenvalue weighted by Gasteiger charge is 2.50. The van der Waals surface area contributed by atoms with Gasteiger partial charge in [-0.3, -0.25) is 4.79 Å². The summed E-state index contributed by atoms with van der Waals surface area (Å²) in [4.78, 5) is 12.7. The third kappa shape index (κ3) is 3.30. The Morgan fingerprint density at radius 3 is 2.41 bits per heavy atom. The second kappa shape index (κ2) is 6.87. The first-order valence-electron chi connectivity index (χ1n) is 11.0. The maximum Gasteiger partial charge on any atom is 0.273 e. The van der Waals surface area contributed by atoms with Crippen LogP contribution in [0.1, 0.15) is 80.0 Å². The van der Waals surface area contributed by atoms with E-state index in [1.54, 1.807) is 0 Å². The maximum absolute atomic E-state index is 12.7. The normalized spacial score (nSPS) is 35.5. The fourth-order valence-corrected chi connectivity index (χ4v) is 7.07. The Kier molecular flexibility index (Phi) is 4.49. The van der Waals surface area contributed by atoms with Crippen LogP contribution < -0.4 is 10.6 Å². The van der Waals surface area contributed by atoms with Gasteiger partial charge in [0.1, 0.15) is 0 Å². The molecule has 2 heterocycles. The molecule has 0 unspecified atom stereocenters. The fourth-order valence-electron chi connectivity index (χ4n) is 7.07. The molecule has 1 saturated heterocycles. The summed E-state index contributed by atoms with van der Waals surface area (Å²) in [7, 11) is 0. The van der Waals surface area contributed by atoms with Crippen molar-refractivity contribution in [3.63, 3.8) is 0 Å². The number of hydrogen-bond donors (Lipinski definition) is 2. The highest BCUT2D eigenvalue weighted by atomic mass is 16.2. The molecule has 1 aliphatic heterocycles. The number of aromatic nitrogens is 3. The van der Waals surface area contributed by atoms with Crippen LogP contribution in [0.25, 0.3) is 0 Å². The third-order valence-corrected chi connectivity index (χ3v) is 7.90. The maximum atomic E-state index is 12.7. The van der Waals surface area contributed by atoms with E-state index in [0.29, 0.717) is 17.2 Å². The van der Waals surface area contributed by atoms with E-state index in [1.807, 2.05) is 11.6 Å². The molecule has 4 aliphatic carbocycles. The van der Waals surface area contributed by atoms with Gasteiger partial charge in [0.2, 0.25) is 0 Å². The van der Waals surface area contributed by atoms with Gasteiger partial charge in [-0.25, -0.2) is 4.68 Å². The number of amides is 1. The molecule has 4 saturated carbocycles. The summed E-state index contributed by atoms with van der Waals surface area (Å²) < 4.78 is 1.97. The van der Waals surface area contributed by atoms with E-state index in [9.17, 15) is 4.79 Å². The molecule has 5 fully saturated rings. The molecule has 0 aromatic carbocycles. The molecule has 27 heavy (non-hydrogen) atoms. The van der Waals surface area contributed by atoms with E-state index in [4.69, 9.17) is 0 Å². The lowest BCUT2D eigenvalue weighted by atomic mass is 9.49. The molecule has 1 aromatic rings. The Balaban J connectivity index is 1.19. The first-order chi connectivity index (χ1) is 13.1. The van der Waals surface area contributed by atoms with Crippen molar-refractivity contribution in [2.45, 2.75) is 70.8 Å². The van der Waals surface area contributed by atoms with Crippen molar-refractivity contribution in [2.24, 2.45) is 23.2 Å². The van der Waals surface area contributed by atoms with Crippen molar-refractivity contribution in [3.05, 3.63) is 11.4 Å². The topological polar surface area (TPSA) is 71.8 Å². The molecule has 1 aromatic heterocycles. The zero-order chi connectivity index (χ0) is 18.4. The minimum atomic E-state index is -0.0441. The number of rotatable bonds is 5. The van der Waals surface area contributed by atoms with E-state index >= 15 is 0 Å². The predicted molar refractivity (Wildman–Crippen MR) is 103 cm³/mol. The van der Waals surface area contributed by atoms with Crippen LogP contribution in [0.5, 0.6) is 0 Å². The van der Waals surface area contributed by atoms with Gasteiger partial charge in [-0.05, 0) is 101 Å². The van der Waals surface area contributed by atoms with Gasteiger partial charge in [-0.1, -0.05) is 5.21 Å². The monoisotopic (exact) mass is 371 g/mol. The summed E-state index contributed by atoms with van der Waals surface area (Å²) in [5.41, 5.74) is 1.94. The lowest BCUT2D eigenvalue weighted by Crippen LogP contribution is -2.47. The summed E-state index contributed by atoms with van der Waals surface area (Å²) in [6.07, 6.45) is 11.9. The summed E-state index contributed by atoms with van der Waals surface area (Å²) in [5, 5.41) is 15.1. The predicted octanol–water partition coefficient (Wildman–Crippen LogP) is 2.85. The van der Waals surface area contributed by atoms with Crippen LogP contribution in [0, 0.1) is 30.1 Å². The first-order valence-corrected chi connectivity index (χ1v) is 11.0. The number of nitrogens with one attached hydrogen (secondary N) is 2. The van der Waals surface area contributed by atoms with E-state index in [1.165, 1.54) is 38.5 Å². The Morgan fingerprint density at radius 1 is 1.15 bits per heavy atom. The minimum absolute atomic E-state index is 0.0441. The van der Waals surface area contributed by atoms with Crippen LogP contribution in [0.2, 0.25) is 0 Å². The van der Waals surface area contributed by atoms with Crippen molar-refractivity contribution < 1.29 is 4.79 Å². The van der Waals surface area contributed by atoms with Gasteiger partial charge in [0, 0.05) is 6.54 Å². The molecular weight excluding hydrogens is 338 g/mol. The Bertz CT molecular complexity index is 670. The number of hydrogen-bond acceptors (Lipinski definition) is 4. The standard InChI is InChI=1S/C21H33N5O/c1-14-19(24-25-26(14)18-2-5-22-6-3-18)20(27)23-7-4-21-11-15-8-16(12-21)10-17(9-15)13-21/h15-18,22H,2-13H2,1H3,(H,23,27). The Morgan fingerprint density at radius 2 is 1.78 bits per heavy atom. The number of piperidine rings is 1. The zero-order valence-corrected chi connectivity index (χ0v) is 16.5. The van der Waals surface area contributed by atoms with Gasteiger partial charge in [-0.15, -0.1) is 5.10 Å². The third-order valence-electron chi connectivity index (χ3n) is 7.90. The quantitative estimate of drug-likeness (QED) is 0.835. The number of nitrogens with zero attached hydrogens (tertiary/aromatic N) is 3. The molecule has 6 nitrogen and oxygen atoms in total. The van der Waals surface area contributed by atoms with Crippen LogP contribution in [0.3, 0.4) is 0 Å². The zero-order valence-electron chi connectivity index (χ0n) is 16.5. The van der Waals surface area contributed by atoms with Crippen LogP contribution in [-0.4, -0.2) is 40.5 Å². The van der Waals surface area contributed by atoms with Gasteiger partial charge in [0.25, 0.3) is 5.91 Å². The molecular formula is C21H33N5O. The molecule has 6 heteroatoms. The largest absolute Gasteiger partial charge is 0.351 e. The summed E-state index contributed by atoms with van der Waals surface area (Å²) in [5.74, 6) is 2.87. The minimum Gasteiger partial charge on any atom is -0.351 e. The second-order valence-electron chi connectivity index (χ2n) is 9.87. The SMILES string of the molecule is Cc1c(C(=O)NCCC23CC4CC(CC(C4)C2)C3)nnn1C1CCNCC1. The summed E-state index contributed by atoms with van der Waals surface area (Å²) >= 11 is 0. The highest BCUT2D eigenvalue weighted by Crippen LogP contribution is 2.61. The van der Waals surface area contributed by atoms with Gasteiger partial charge in [-0.2, -0.15) is 0 Å².